The van der Waals surface area contributed by atoms with E-state index in [2.05, 4.69) is 36.2 Å². The van der Waals surface area contributed by atoms with Gasteiger partial charge in [0.2, 0.25) is 0 Å². The van der Waals surface area contributed by atoms with Crippen molar-refractivity contribution in [2.75, 3.05) is 20.2 Å². The molecule has 3 aromatic carbocycles. The van der Waals surface area contributed by atoms with E-state index in [-0.39, 0.29) is 5.91 Å². The molecule has 1 aromatic heterocycles. The number of carbonyl (C=O) groups excluding carboxylic acids is 1. The van der Waals surface area contributed by atoms with E-state index in [4.69, 9.17) is 4.74 Å². The van der Waals surface area contributed by atoms with Crippen LogP contribution in [-0.2, 0) is 6.42 Å². The molecule has 1 fully saturated rings. The van der Waals surface area contributed by atoms with Gasteiger partial charge in [0.15, 0.2) is 0 Å². The van der Waals surface area contributed by atoms with E-state index >= 15 is 0 Å². The Morgan fingerprint density at radius 1 is 1.06 bits per heavy atom. The molecule has 0 N–H and O–H groups in total. The van der Waals surface area contributed by atoms with Gasteiger partial charge in [-0.2, -0.15) is 0 Å². The molecule has 1 amide bonds. The second-order valence-electron chi connectivity index (χ2n) is 9.21. The molecule has 4 heteroatoms. The molecule has 4 aromatic rings. The zero-order valence-corrected chi connectivity index (χ0v) is 19.8. The van der Waals surface area contributed by atoms with Crippen LogP contribution in [0.2, 0.25) is 0 Å². The van der Waals surface area contributed by atoms with Crippen molar-refractivity contribution in [3.63, 3.8) is 0 Å². The normalized spacial score (nSPS) is 15.9. The summed E-state index contributed by atoms with van der Waals surface area (Å²) >= 11 is 0. The molecule has 1 unspecified atom stereocenters. The van der Waals surface area contributed by atoms with E-state index in [9.17, 15) is 4.79 Å². The van der Waals surface area contributed by atoms with Gasteiger partial charge in [0.05, 0.1) is 12.6 Å². The molecule has 1 atom stereocenters. The van der Waals surface area contributed by atoms with E-state index in [1.807, 2.05) is 59.6 Å². The molecule has 2 heterocycles. The van der Waals surface area contributed by atoms with Gasteiger partial charge < -0.3 is 9.64 Å². The third-order valence-corrected chi connectivity index (χ3v) is 6.94. The van der Waals surface area contributed by atoms with Crippen LogP contribution in [0.4, 0.5) is 0 Å². The molecule has 0 spiro atoms. The molecule has 4 nitrogen and oxygen atoms in total. The van der Waals surface area contributed by atoms with Crippen LogP contribution in [0.25, 0.3) is 22.0 Å². The highest BCUT2D eigenvalue weighted by molar-refractivity contribution is 5.97. The lowest BCUT2D eigenvalue weighted by Crippen LogP contribution is -2.40. The van der Waals surface area contributed by atoms with Crippen LogP contribution in [0.1, 0.15) is 34.3 Å². The Morgan fingerprint density at radius 3 is 2.71 bits per heavy atom. The van der Waals surface area contributed by atoms with Crippen molar-refractivity contribution in [3.8, 4) is 16.9 Å². The van der Waals surface area contributed by atoms with Gasteiger partial charge in [0.1, 0.15) is 5.75 Å². The molecule has 34 heavy (non-hydrogen) atoms. The van der Waals surface area contributed by atoms with Crippen LogP contribution >= 0.6 is 0 Å². The van der Waals surface area contributed by atoms with Crippen LogP contribution in [0.15, 0.2) is 79.0 Å². The molecule has 0 bridgehead atoms. The van der Waals surface area contributed by atoms with E-state index < -0.39 is 0 Å². The number of piperidine rings is 1. The van der Waals surface area contributed by atoms with Crippen LogP contribution in [0.5, 0.6) is 5.75 Å². The summed E-state index contributed by atoms with van der Waals surface area (Å²) in [5.74, 6) is 1.41. The lowest BCUT2D eigenvalue weighted by molar-refractivity contribution is 0.0672. The number of hydrogen-bond acceptors (Lipinski definition) is 3. The third-order valence-electron chi connectivity index (χ3n) is 6.94. The number of para-hydroxylation sites is 1. The number of hydrogen-bond donors (Lipinski definition) is 0. The zero-order chi connectivity index (χ0) is 23.5. The Hall–Kier alpha value is -3.66. The molecule has 1 saturated heterocycles. The summed E-state index contributed by atoms with van der Waals surface area (Å²) in [7, 11) is 1.67. The highest BCUT2D eigenvalue weighted by atomic mass is 16.5. The summed E-state index contributed by atoms with van der Waals surface area (Å²) in [4.78, 5) is 20.2. The zero-order valence-electron chi connectivity index (χ0n) is 19.8. The summed E-state index contributed by atoms with van der Waals surface area (Å²) < 4.78 is 5.29. The summed E-state index contributed by atoms with van der Waals surface area (Å²) in [6, 6.07) is 24.5. The van der Waals surface area contributed by atoms with Gasteiger partial charge in [-0.15, -0.1) is 0 Å². The van der Waals surface area contributed by atoms with Gasteiger partial charge in [-0.25, -0.2) is 0 Å². The molecule has 5 rings (SSSR count). The van der Waals surface area contributed by atoms with E-state index in [0.29, 0.717) is 5.92 Å². The van der Waals surface area contributed by atoms with E-state index in [1.165, 1.54) is 10.9 Å². The predicted octanol–water partition coefficient (Wildman–Crippen LogP) is 6.31. The van der Waals surface area contributed by atoms with E-state index in [1.54, 1.807) is 7.11 Å². The van der Waals surface area contributed by atoms with Crippen LogP contribution in [-0.4, -0.2) is 36.0 Å². The van der Waals surface area contributed by atoms with Crippen LogP contribution < -0.4 is 4.74 Å². The van der Waals surface area contributed by atoms with Gasteiger partial charge in [0.25, 0.3) is 5.91 Å². The minimum atomic E-state index is 0.134. The van der Waals surface area contributed by atoms with Gasteiger partial charge in [-0.05, 0) is 84.7 Å². The minimum Gasteiger partial charge on any atom is -0.497 e. The summed E-state index contributed by atoms with van der Waals surface area (Å²) in [6.07, 6.45) is 5.12. The van der Waals surface area contributed by atoms with Gasteiger partial charge in [-0.3, -0.25) is 9.78 Å². The Bertz CT molecular complexity index is 1310. The lowest BCUT2D eigenvalue weighted by Gasteiger charge is -2.33. The minimum absolute atomic E-state index is 0.134. The maximum Gasteiger partial charge on any atom is 0.254 e. The number of methoxy groups -OCH3 is 1. The number of benzene rings is 3. The summed E-state index contributed by atoms with van der Waals surface area (Å²) in [5, 5.41) is 1.18. The Kier molecular flexibility index (Phi) is 6.31. The molecule has 1 aliphatic heterocycles. The number of rotatable bonds is 5. The summed E-state index contributed by atoms with van der Waals surface area (Å²) in [5.41, 5.74) is 6.27. The number of nitrogens with zero attached hydrogens (tertiary/aromatic N) is 2. The number of amides is 1. The second kappa shape index (κ2) is 9.68. The number of carbonyl (C=O) groups is 1. The van der Waals surface area contributed by atoms with Crippen molar-refractivity contribution in [3.05, 3.63) is 95.7 Å². The Labute approximate surface area is 201 Å². The highest BCUT2D eigenvalue weighted by Crippen LogP contribution is 2.29. The van der Waals surface area contributed by atoms with Crippen molar-refractivity contribution in [1.82, 2.24) is 9.88 Å². The monoisotopic (exact) mass is 450 g/mol. The third kappa shape index (κ3) is 4.54. The summed E-state index contributed by atoms with van der Waals surface area (Å²) in [6.45, 7) is 3.66. The van der Waals surface area contributed by atoms with Gasteiger partial charge >= 0.3 is 0 Å². The average molecular weight is 451 g/mol. The first-order valence-corrected chi connectivity index (χ1v) is 12.0. The van der Waals surface area contributed by atoms with Crippen molar-refractivity contribution in [1.29, 1.82) is 0 Å². The topological polar surface area (TPSA) is 42.4 Å². The van der Waals surface area contributed by atoms with Crippen molar-refractivity contribution < 1.29 is 9.53 Å². The fourth-order valence-electron chi connectivity index (χ4n) is 5.10. The first-order chi connectivity index (χ1) is 16.6. The van der Waals surface area contributed by atoms with Crippen molar-refractivity contribution in [2.45, 2.75) is 26.2 Å². The van der Waals surface area contributed by atoms with Gasteiger partial charge in [-0.1, -0.05) is 42.5 Å². The average Bonchev–Trinajstić information content (AvgIpc) is 2.89. The van der Waals surface area contributed by atoms with Crippen molar-refractivity contribution >= 4 is 16.8 Å². The predicted molar refractivity (Wildman–Crippen MR) is 137 cm³/mol. The number of aromatic nitrogens is 1. The quantitative estimate of drug-likeness (QED) is 0.358. The lowest BCUT2D eigenvalue weighted by atomic mass is 9.90. The largest absolute Gasteiger partial charge is 0.497 e. The Balaban J connectivity index is 1.33. The first-order valence-electron chi connectivity index (χ1n) is 12.0. The molecule has 0 aliphatic carbocycles. The smallest absolute Gasteiger partial charge is 0.254 e. The molecular weight excluding hydrogens is 420 g/mol. The van der Waals surface area contributed by atoms with E-state index in [0.717, 1.165) is 65.9 Å². The fraction of sp³-hybridized carbons (Fsp3) is 0.267. The number of fused-ring (bicyclic) bond motifs is 1. The first kappa shape index (κ1) is 22.1. The fourth-order valence-corrected chi connectivity index (χ4v) is 5.10. The standard InChI is InChI=1S/C30H30N2O2/c1-21-27(24-12-14-26(34-2)15-13-24)9-5-10-28(21)30(33)32-16-6-7-22(20-32)17-23-18-25-8-3-4-11-29(25)31-19-23/h3-5,8-15,18-19,22H,6-7,16-17,20H2,1-2H3. The highest BCUT2D eigenvalue weighted by Gasteiger charge is 2.26. The molecule has 172 valence electrons. The van der Waals surface area contributed by atoms with Gasteiger partial charge in [0, 0.05) is 30.2 Å². The van der Waals surface area contributed by atoms with Crippen LogP contribution in [0, 0.1) is 12.8 Å². The van der Waals surface area contributed by atoms with Crippen LogP contribution in [0.3, 0.4) is 0 Å². The Morgan fingerprint density at radius 2 is 1.88 bits per heavy atom. The second-order valence-corrected chi connectivity index (χ2v) is 9.21. The maximum atomic E-state index is 13.6. The number of ether oxygens (including phenoxy) is 1. The number of pyridine rings is 1. The SMILES string of the molecule is COc1ccc(-c2cccc(C(=O)N3CCCC(Cc4cnc5ccccc5c4)C3)c2C)cc1. The molecule has 0 saturated carbocycles. The van der Waals surface area contributed by atoms with Crippen molar-refractivity contribution in [2.24, 2.45) is 5.92 Å². The maximum absolute atomic E-state index is 13.6. The molecule has 1 aliphatic rings. The number of likely N-dealkylation sites (tertiary alicyclic amines) is 1. The molecule has 0 radical (unpaired) electrons. The molecular formula is C30H30N2O2.